The Hall–Kier alpha value is -3.10. The van der Waals surface area contributed by atoms with E-state index >= 15 is 0 Å². The average molecular weight is 451 g/mol. The molecule has 1 rings (SSSR count). The molecule has 0 aliphatic rings. The van der Waals surface area contributed by atoms with Crippen LogP contribution >= 0.6 is 0 Å². The van der Waals surface area contributed by atoms with Crippen LogP contribution in [0, 0.1) is 0 Å². The molecule has 178 valence electrons. The summed E-state index contributed by atoms with van der Waals surface area (Å²) in [5.74, 6) is -2.09. The number of carbonyl (C=O) groups excluding carboxylic acids is 4. The minimum atomic E-state index is -1.32. The summed E-state index contributed by atoms with van der Waals surface area (Å²) in [4.78, 5) is 49.8. The van der Waals surface area contributed by atoms with Crippen molar-refractivity contribution in [3.05, 3.63) is 35.9 Å². The van der Waals surface area contributed by atoms with E-state index in [0.717, 1.165) is 5.56 Å². The first-order valence-electron chi connectivity index (χ1n) is 10.3. The first kappa shape index (κ1) is 26.9. The van der Waals surface area contributed by atoms with Crippen LogP contribution in [0.5, 0.6) is 0 Å². The highest BCUT2D eigenvalue weighted by Gasteiger charge is 2.32. The third kappa shape index (κ3) is 10.8. The summed E-state index contributed by atoms with van der Waals surface area (Å²) < 4.78 is 15.3. The van der Waals surface area contributed by atoms with Gasteiger partial charge in [-0.1, -0.05) is 30.3 Å². The maximum Gasteiger partial charge on any atom is 0.408 e. The maximum atomic E-state index is 13.0. The minimum absolute atomic E-state index is 0.171. The highest BCUT2D eigenvalue weighted by atomic mass is 16.6. The van der Waals surface area contributed by atoms with E-state index in [1.165, 1.54) is 7.11 Å². The number of carbonyl (C=O) groups is 4. The number of methoxy groups -OCH3 is 1. The molecule has 0 aliphatic carbocycles. The van der Waals surface area contributed by atoms with Crippen LogP contribution in [0.3, 0.4) is 0 Å². The second-order valence-electron chi connectivity index (χ2n) is 9.26. The summed E-state index contributed by atoms with van der Waals surface area (Å²) in [6.45, 7) is 10.1. The molecule has 2 atom stereocenters. The van der Waals surface area contributed by atoms with E-state index in [4.69, 9.17) is 14.2 Å². The number of rotatable bonds is 8. The van der Waals surface area contributed by atoms with Crippen LogP contribution in [0.2, 0.25) is 0 Å². The van der Waals surface area contributed by atoms with Crippen molar-refractivity contribution >= 4 is 23.9 Å². The molecule has 0 heterocycles. The van der Waals surface area contributed by atoms with Gasteiger partial charge in [0.15, 0.2) is 0 Å². The fourth-order valence-corrected chi connectivity index (χ4v) is 2.67. The van der Waals surface area contributed by atoms with E-state index in [2.05, 4.69) is 10.6 Å². The van der Waals surface area contributed by atoms with Crippen LogP contribution in [0.1, 0.15) is 53.5 Å². The second kappa shape index (κ2) is 11.5. The predicted molar refractivity (Wildman–Crippen MR) is 118 cm³/mol. The standard InChI is InChI=1S/C23H34N2O7/c1-22(2,3)31-18(26)14-16(25-21(29)32-23(4,5)6)19(27)24-17(20(28)30-7)13-15-11-9-8-10-12-15/h8-12,16-17H,13-14H2,1-7H3,(H,24,27)(H,25,29)/t16-,17-/m1/s1. The molecule has 0 aromatic heterocycles. The second-order valence-corrected chi connectivity index (χ2v) is 9.26. The molecule has 2 N–H and O–H groups in total. The lowest BCUT2D eigenvalue weighted by atomic mass is 10.0. The van der Waals surface area contributed by atoms with Crippen LogP contribution in [-0.2, 0) is 35.0 Å². The number of hydrogen-bond acceptors (Lipinski definition) is 7. The summed E-state index contributed by atoms with van der Waals surface area (Å²) in [7, 11) is 1.21. The number of nitrogens with one attached hydrogen (secondary N) is 2. The Morgan fingerprint density at radius 1 is 0.844 bits per heavy atom. The fraction of sp³-hybridized carbons (Fsp3) is 0.565. The average Bonchev–Trinajstić information content (AvgIpc) is 2.64. The summed E-state index contributed by atoms with van der Waals surface area (Å²) in [6.07, 6.45) is -1.15. The van der Waals surface area contributed by atoms with Crippen molar-refractivity contribution in [2.75, 3.05) is 7.11 Å². The zero-order chi connectivity index (χ0) is 24.5. The largest absolute Gasteiger partial charge is 0.467 e. The molecule has 32 heavy (non-hydrogen) atoms. The van der Waals surface area contributed by atoms with E-state index in [-0.39, 0.29) is 6.42 Å². The van der Waals surface area contributed by atoms with Gasteiger partial charge in [0.2, 0.25) is 5.91 Å². The first-order chi connectivity index (χ1) is 14.7. The highest BCUT2D eigenvalue weighted by Crippen LogP contribution is 2.12. The maximum absolute atomic E-state index is 13.0. The first-order valence-corrected chi connectivity index (χ1v) is 10.3. The Labute approximate surface area is 189 Å². The molecule has 2 amide bonds. The van der Waals surface area contributed by atoms with Gasteiger partial charge in [-0.25, -0.2) is 9.59 Å². The summed E-state index contributed by atoms with van der Waals surface area (Å²) >= 11 is 0. The van der Waals surface area contributed by atoms with Gasteiger partial charge in [-0.3, -0.25) is 9.59 Å². The molecule has 1 aromatic rings. The minimum Gasteiger partial charge on any atom is -0.467 e. The molecule has 0 bridgehead atoms. The molecular weight excluding hydrogens is 416 g/mol. The molecule has 0 spiro atoms. The number of ether oxygens (including phenoxy) is 3. The Kier molecular flexibility index (Phi) is 9.68. The van der Waals surface area contributed by atoms with Crippen LogP contribution in [0.4, 0.5) is 4.79 Å². The SMILES string of the molecule is COC(=O)[C@@H](Cc1ccccc1)NC(=O)[C@@H](CC(=O)OC(C)(C)C)NC(=O)OC(C)(C)C. The summed E-state index contributed by atoms with van der Waals surface area (Å²) in [5, 5.41) is 4.95. The van der Waals surface area contributed by atoms with E-state index in [1.807, 2.05) is 6.07 Å². The van der Waals surface area contributed by atoms with Gasteiger partial charge >= 0.3 is 18.0 Å². The van der Waals surface area contributed by atoms with Gasteiger partial charge in [0.25, 0.3) is 0 Å². The van der Waals surface area contributed by atoms with Crippen molar-refractivity contribution in [1.29, 1.82) is 0 Å². The smallest absolute Gasteiger partial charge is 0.408 e. The van der Waals surface area contributed by atoms with Gasteiger partial charge in [-0.2, -0.15) is 0 Å². The molecule has 0 saturated heterocycles. The van der Waals surface area contributed by atoms with Crippen LogP contribution in [0.25, 0.3) is 0 Å². The molecule has 9 heteroatoms. The Morgan fingerprint density at radius 3 is 1.91 bits per heavy atom. The molecule has 1 aromatic carbocycles. The molecular formula is C23H34N2O7. The van der Waals surface area contributed by atoms with Gasteiger partial charge in [0, 0.05) is 6.42 Å². The zero-order valence-electron chi connectivity index (χ0n) is 19.8. The van der Waals surface area contributed by atoms with Crippen molar-refractivity contribution in [2.24, 2.45) is 0 Å². The van der Waals surface area contributed by atoms with Gasteiger partial charge in [-0.05, 0) is 47.1 Å². The van der Waals surface area contributed by atoms with E-state index in [0.29, 0.717) is 0 Å². The van der Waals surface area contributed by atoms with Crippen LogP contribution in [0.15, 0.2) is 30.3 Å². The van der Waals surface area contributed by atoms with Crippen LogP contribution in [-0.4, -0.2) is 54.3 Å². The quantitative estimate of drug-likeness (QED) is 0.461. The third-order valence-corrected chi connectivity index (χ3v) is 3.88. The molecule has 0 aliphatic heterocycles. The van der Waals surface area contributed by atoms with E-state index in [1.54, 1.807) is 65.8 Å². The number of esters is 2. The van der Waals surface area contributed by atoms with Crippen molar-refractivity contribution in [3.8, 4) is 0 Å². The topological polar surface area (TPSA) is 120 Å². The molecule has 0 radical (unpaired) electrons. The summed E-state index contributed by atoms with van der Waals surface area (Å²) in [6, 6.07) is 6.72. The number of hydrogen-bond donors (Lipinski definition) is 2. The van der Waals surface area contributed by atoms with Gasteiger partial charge in [-0.15, -0.1) is 0 Å². The number of alkyl carbamates (subject to hydrolysis) is 1. The Bertz CT molecular complexity index is 765. The molecule has 0 fully saturated rings. The predicted octanol–water partition coefficient (Wildman–Crippen LogP) is 2.51. The Morgan fingerprint density at radius 2 is 1.41 bits per heavy atom. The van der Waals surface area contributed by atoms with Gasteiger partial charge in [0.05, 0.1) is 13.5 Å². The van der Waals surface area contributed by atoms with Gasteiger partial charge < -0.3 is 24.8 Å². The summed E-state index contributed by atoms with van der Waals surface area (Å²) in [5.41, 5.74) is -0.780. The lowest BCUT2D eigenvalue weighted by Crippen LogP contribution is -2.54. The highest BCUT2D eigenvalue weighted by molar-refractivity contribution is 5.92. The monoisotopic (exact) mass is 450 g/mol. The number of amides is 2. The van der Waals surface area contributed by atoms with Crippen molar-refractivity contribution < 1.29 is 33.4 Å². The zero-order valence-corrected chi connectivity index (χ0v) is 19.8. The van der Waals surface area contributed by atoms with Crippen molar-refractivity contribution in [1.82, 2.24) is 10.6 Å². The molecule has 9 nitrogen and oxygen atoms in total. The van der Waals surface area contributed by atoms with E-state index < -0.39 is 53.6 Å². The van der Waals surface area contributed by atoms with E-state index in [9.17, 15) is 19.2 Å². The van der Waals surface area contributed by atoms with Gasteiger partial charge in [0.1, 0.15) is 23.3 Å². The Balaban J connectivity index is 3.02. The van der Waals surface area contributed by atoms with Crippen LogP contribution < -0.4 is 10.6 Å². The number of benzene rings is 1. The lowest BCUT2D eigenvalue weighted by molar-refractivity contribution is -0.156. The fourth-order valence-electron chi connectivity index (χ4n) is 2.67. The normalized spacial score (nSPS) is 13.3. The third-order valence-electron chi connectivity index (χ3n) is 3.88. The lowest BCUT2D eigenvalue weighted by Gasteiger charge is -2.26. The van der Waals surface area contributed by atoms with Crippen molar-refractivity contribution in [2.45, 2.75) is 77.7 Å². The molecule has 0 saturated carbocycles. The van der Waals surface area contributed by atoms with Crippen molar-refractivity contribution in [3.63, 3.8) is 0 Å². The molecule has 0 unspecified atom stereocenters.